The van der Waals surface area contributed by atoms with Gasteiger partial charge in [-0.05, 0) is 49.4 Å². The van der Waals surface area contributed by atoms with Crippen molar-refractivity contribution in [3.63, 3.8) is 0 Å². The zero-order chi connectivity index (χ0) is 29.7. The summed E-state index contributed by atoms with van der Waals surface area (Å²) < 4.78 is 51.1. The van der Waals surface area contributed by atoms with Crippen molar-refractivity contribution in [3.05, 3.63) is 71.3 Å². The number of halogens is 4. The number of nitrogens with zero attached hydrogens (tertiary/aromatic N) is 1. The molecule has 2 aromatic carbocycles. The van der Waals surface area contributed by atoms with E-state index in [0.29, 0.717) is 30.6 Å². The molecule has 2 atom stereocenters. The van der Waals surface area contributed by atoms with E-state index in [1.54, 1.807) is 36.1 Å². The van der Waals surface area contributed by atoms with Crippen LogP contribution in [0, 0.1) is 5.92 Å². The summed E-state index contributed by atoms with van der Waals surface area (Å²) in [4.78, 5) is 40.6. The lowest BCUT2D eigenvalue weighted by Crippen LogP contribution is -2.41. The first-order valence-corrected chi connectivity index (χ1v) is 13.7. The Morgan fingerprint density at radius 2 is 1.55 bits per heavy atom. The van der Waals surface area contributed by atoms with E-state index in [2.05, 4.69) is 10.6 Å². The van der Waals surface area contributed by atoms with Crippen LogP contribution in [0.2, 0.25) is 0 Å². The number of rotatable bonds is 16. The third kappa shape index (κ3) is 10.3. The van der Waals surface area contributed by atoms with Gasteiger partial charge in [0, 0.05) is 49.1 Å². The van der Waals surface area contributed by atoms with E-state index in [9.17, 15) is 31.9 Å². The Bertz CT molecular complexity index is 1090. The summed E-state index contributed by atoms with van der Waals surface area (Å²) in [5.41, 5.74) is 1.61. The van der Waals surface area contributed by atoms with Crippen LogP contribution in [0.1, 0.15) is 72.7 Å². The van der Waals surface area contributed by atoms with Gasteiger partial charge in [-0.1, -0.05) is 57.2 Å². The van der Waals surface area contributed by atoms with Crippen LogP contribution in [0.4, 0.5) is 17.6 Å². The van der Waals surface area contributed by atoms with Crippen molar-refractivity contribution < 1.29 is 31.9 Å². The highest BCUT2D eigenvalue weighted by atomic mass is 19.3. The Morgan fingerprint density at radius 3 is 2.15 bits per heavy atom. The predicted octanol–water partition coefficient (Wildman–Crippen LogP) is 5.72. The summed E-state index contributed by atoms with van der Waals surface area (Å²) in [7, 11) is 0. The monoisotopic (exact) mass is 565 g/mol. The molecule has 2 rings (SSSR count). The quantitative estimate of drug-likeness (QED) is 0.256. The molecule has 0 spiro atoms. The lowest BCUT2D eigenvalue weighted by atomic mass is 9.95. The van der Waals surface area contributed by atoms with Crippen molar-refractivity contribution in [3.8, 4) is 0 Å². The summed E-state index contributed by atoms with van der Waals surface area (Å²) >= 11 is 0. The van der Waals surface area contributed by atoms with Crippen molar-refractivity contribution in [1.82, 2.24) is 15.5 Å². The molecule has 6 nitrogen and oxygen atoms in total. The van der Waals surface area contributed by atoms with E-state index >= 15 is 0 Å². The maximum atomic E-state index is 13.2. The molecular formula is C30H39F4N3O3. The zero-order valence-corrected chi connectivity index (χ0v) is 23.3. The van der Waals surface area contributed by atoms with E-state index in [1.807, 2.05) is 44.2 Å². The fourth-order valence-electron chi connectivity index (χ4n) is 4.36. The Labute approximate surface area is 233 Å². The van der Waals surface area contributed by atoms with Gasteiger partial charge in [-0.3, -0.25) is 14.4 Å². The summed E-state index contributed by atoms with van der Waals surface area (Å²) in [6.45, 7) is 6.20. The summed E-state index contributed by atoms with van der Waals surface area (Å²) in [5.74, 6) is -6.02. The van der Waals surface area contributed by atoms with E-state index < -0.39 is 49.1 Å². The Kier molecular flexibility index (Phi) is 13.1. The molecule has 2 N–H and O–H groups in total. The highest BCUT2D eigenvalue weighted by molar-refractivity contribution is 5.99. The van der Waals surface area contributed by atoms with Gasteiger partial charge in [0.25, 0.3) is 11.8 Å². The number of amides is 3. The maximum Gasteiger partial charge on any atom is 0.309 e. The molecule has 220 valence electrons. The summed E-state index contributed by atoms with van der Waals surface area (Å²) in [6.07, 6.45) is -2.77. The molecule has 40 heavy (non-hydrogen) atoms. The molecule has 10 heteroatoms. The Morgan fingerprint density at radius 1 is 0.925 bits per heavy atom. The third-order valence-electron chi connectivity index (χ3n) is 6.47. The van der Waals surface area contributed by atoms with Gasteiger partial charge in [-0.15, -0.1) is 0 Å². The second-order valence-corrected chi connectivity index (χ2v) is 9.97. The minimum atomic E-state index is -4.18. The fourth-order valence-corrected chi connectivity index (χ4v) is 4.36. The molecule has 0 fully saturated rings. The average Bonchev–Trinajstić information content (AvgIpc) is 2.92. The lowest BCUT2D eigenvalue weighted by Gasteiger charge is -2.23. The standard InChI is InChI=1S/C30H39F4N3O3/c1-4-16-37(17-5-2)28(40)24-13-9-12-23(20-24)27(39)36-25(19-22-10-7-6-8-11-22)18-21(3)26(38)35-15-14-30(33,34)29(31)32/h6-13,20-21,25,29H,4-5,14-19H2,1-3H3,(H,35,38)(H,36,39)/t21?,25-/m1/s1. The molecule has 0 aromatic heterocycles. The Hall–Kier alpha value is -3.43. The van der Waals surface area contributed by atoms with Gasteiger partial charge in [-0.25, -0.2) is 17.6 Å². The van der Waals surface area contributed by atoms with Crippen molar-refractivity contribution in [1.29, 1.82) is 0 Å². The molecule has 3 amide bonds. The van der Waals surface area contributed by atoms with Crippen LogP contribution in [-0.2, 0) is 11.2 Å². The predicted molar refractivity (Wildman–Crippen MR) is 147 cm³/mol. The number of carbonyl (C=O) groups is 3. The van der Waals surface area contributed by atoms with Gasteiger partial charge in [0.2, 0.25) is 5.91 Å². The number of nitrogens with one attached hydrogen (secondary N) is 2. The van der Waals surface area contributed by atoms with Crippen LogP contribution in [0.3, 0.4) is 0 Å². The molecule has 0 radical (unpaired) electrons. The molecule has 0 heterocycles. The maximum absolute atomic E-state index is 13.2. The van der Waals surface area contributed by atoms with Gasteiger partial charge in [0.05, 0.1) is 0 Å². The summed E-state index contributed by atoms with van der Waals surface area (Å²) in [5, 5.41) is 5.24. The number of hydrogen-bond acceptors (Lipinski definition) is 3. The highest BCUT2D eigenvalue weighted by Gasteiger charge is 2.40. The van der Waals surface area contributed by atoms with Gasteiger partial charge in [0.1, 0.15) is 0 Å². The largest absolute Gasteiger partial charge is 0.356 e. The molecule has 1 unspecified atom stereocenters. The first kappa shape index (κ1) is 32.8. The molecule has 0 saturated heterocycles. The average molecular weight is 566 g/mol. The lowest BCUT2D eigenvalue weighted by molar-refractivity contribution is -0.135. The molecular weight excluding hydrogens is 526 g/mol. The fraction of sp³-hybridized carbons (Fsp3) is 0.500. The second kappa shape index (κ2) is 16.0. The van der Waals surface area contributed by atoms with Crippen molar-refractivity contribution in [2.24, 2.45) is 5.92 Å². The van der Waals surface area contributed by atoms with E-state index in [1.165, 1.54) is 0 Å². The highest BCUT2D eigenvalue weighted by Crippen LogP contribution is 2.26. The van der Waals surface area contributed by atoms with Crippen molar-refractivity contribution in [2.75, 3.05) is 19.6 Å². The SMILES string of the molecule is CCCN(CCC)C(=O)c1cccc(C(=O)N[C@@H](Cc2ccccc2)CC(C)C(=O)NCCC(F)(F)C(F)F)c1. The van der Waals surface area contributed by atoms with E-state index in [4.69, 9.17) is 0 Å². The molecule has 0 aliphatic heterocycles. The van der Waals surface area contributed by atoms with Crippen LogP contribution in [0.15, 0.2) is 54.6 Å². The minimum absolute atomic E-state index is 0.151. The van der Waals surface area contributed by atoms with Crippen LogP contribution in [-0.4, -0.2) is 60.6 Å². The van der Waals surface area contributed by atoms with Crippen molar-refractivity contribution in [2.45, 2.75) is 71.3 Å². The van der Waals surface area contributed by atoms with Crippen LogP contribution in [0.5, 0.6) is 0 Å². The second-order valence-electron chi connectivity index (χ2n) is 9.97. The summed E-state index contributed by atoms with van der Waals surface area (Å²) in [6, 6.07) is 15.3. The number of hydrogen-bond donors (Lipinski definition) is 2. The smallest absolute Gasteiger partial charge is 0.309 e. The molecule has 0 bridgehead atoms. The number of carbonyl (C=O) groups excluding carboxylic acids is 3. The zero-order valence-electron chi connectivity index (χ0n) is 23.3. The molecule has 2 aromatic rings. The number of benzene rings is 2. The van der Waals surface area contributed by atoms with E-state index in [-0.39, 0.29) is 12.3 Å². The minimum Gasteiger partial charge on any atom is -0.356 e. The van der Waals surface area contributed by atoms with E-state index in [0.717, 1.165) is 18.4 Å². The number of alkyl halides is 4. The molecule has 0 saturated carbocycles. The van der Waals surface area contributed by atoms with Gasteiger partial charge in [-0.2, -0.15) is 0 Å². The first-order chi connectivity index (χ1) is 19.0. The van der Waals surface area contributed by atoms with Gasteiger partial charge < -0.3 is 15.5 Å². The topological polar surface area (TPSA) is 78.5 Å². The van der Waals surface area contributed by atoms with Crippen LogP contribution >= 0.6 is 0 Å². The molecule has 0 aliphatic rings. The normalized spacial score (nSPS) is 13.0. The first-order valence-electron chi connectivity index (χ1n) is 13.7. The van der Waals surface area contributed by atoms with Gasteiger partial charge in [0.15, 0.2) is 0 Å². The van der Waals surface area contributed by atoms with Crippen molar-refractivity contribution >= 4 is 17.7 Å². The molecule has 0 aliphatic carbocycles. The van der Waals surface area contributed by atoms with Gasteiger partial charge >= 0.3 is 12.3 Å². The Balaban J connectivity index is 2.13. The van der Waals surface area contributed by atoms with Crippen LogP contribution in [0.25, 0.3) is 0 Å². The van der Waals surface area contributed by atoms with Crippen LogP contribution < -0.4 is 10.6 Å². The third-order valence-corrected chi connectivity index (χ3v) is 6.47.